The van der Waals surface area contributed by atoms with Gasteiger partial charge in [0.1, 0.15) is 12.3 Å². The van der Waals surface area contributed by atoms with Gasteiger partial charge >= 0.3 is 0 Å². The molecule has 112 valence electrons. The first-order valence-corrected chi connectivity index (χ1v) is 6.85. The molecule has 1 unspecified atom stereocenters. The fraction of sp³-hybridized carbons (Fsp3) is 0.286. The van der Waals surface area contributed by atoms with Crippen LogP contribution in [-0.4, -0.2) is 31.0 Å². The first kappa shape index (κ1) is 14.0. The van der Waals surface area contributed by atoms with Gasteiger partial charge in [-0.05, 0) is 26.0 Å². The highest BCUT2D eigenvalue weighted by Gasteiger charge is 2.15. The van der Waals surface area contributed by atoms with Crippen molar-refractivity contribution in [2.45, 2.75) is 20.1 Å². The maximum Gasteiger partial charge on any atom is 0.240 e. The molecule has 0 bridgehead atoms. The number of pyridine rings is 1. The normalized spacial score (nSPS) is 12.4. The third-order valence-electron chi connectivity index (χ3n) is 3.31. The topological polar surface area (TPSA) is 107 Å². The highest BCUT2D eigenvalue weighted by molar-refractivity contribution is 5.70. The van der Waals surface area contributed by atoms with Crippen LogP contribution in [0.1, 0.15) is 25.8 Å². The second kappa shape index (κ2) is 5.46. The van der Waals surface area contributed by atoms with Crippen molar-refractivity contribution in [2.24, 2.45) is 0 Å². The van der Waals surface area contributed by atoms with Gasteiger partial charge in [0.2, 0.25) is 5.95 Å². The Labute approximate surface area is 126 Å². The van der Waals surface area contributed by atoms with E-state index in [1.807, 2.05) is 26.1 Å². The summed E-state index contributed by atoms with van der Waals surface area (Å²) < 4.78 is 8.65. The van der Waals surface area contributed by atoms with E-state index in [1.54, 1.807) is 16.9 Å². The number of nitrogens with zero attached hydrogens (tertiary/aromatic N) is 6. The van der Waals surface area contributed by atoms with Crippen LogP contribution in [0, 0.1) is 11.3 Å². The van der Waals surface area contributed by atoms with E-state index >= 15 is 0 Å². The van der Waals surface area contributed by atoms with Gasteiger partial charge < -0.3 is 10.5 Å². The fourth-order valence-corrected chi connectivity index (χ4v) is 2.30. The summed E-state index contributed by atoms with van der Waals surface area (Å²) in [6, 6.07) is 5.73. The molecule has 3 heterocycles. The van der Waals surface area contributed by atoms with Crippen molar-refractivity contribution in [1.82, 2.24) is 24.4 Å². The van der Waals surface area contributed by atoms with Crippen LogP contribution in [0.5, 0.6) is 0 Å². The standard InChI is InChI=1S/C14H15N7O/c1-3-22-9(2)20-8-10(7-17-20)11-4-5-13-18-14(16)19-21(13)12(11)6-15/h4-5,7-9H,3H2,1-2H3,(H2,16,19). The molecule has 3 aromatic rings. The van der Waals surface area contributed by atoms with E-state index in [4.69, 9.17) is 10.5 Å². The molecule has 0 aliphatic rings. The summed E-state index contributed by atoms with van der Waals surface area (Å²) in [5.74, 6) is 0.134. The lowest BCUT2D eigenvalue weighted by atomic mass is 10.1. The molecule has 1 atom stereocenters. The molecule has 0 fully saturated rings. The van der Waals surface area contributed by atoms with Crippen LogP contribution in [0.4, 0.5) is 5.95 Å². The van der Waals surface area contributed by atoms with E-state index in [0.717, 1.165) is 11.1 Å². The molecular weight excluding hydrogens is 282 g/mol. The molecule has 0 radical (unpaired) electrons. The predicted octanol–water partition coefficient (Wildman–Crippen LogP) is 1.60. The lowest BCUT2D eigenvalue weighted by Gasteiger charge is -2.11. The number of nitriles is 1. The molecule has 0 aromatic carbocycles. The number of ether oxygens (including phenoxy) is 1. The maximum atomic E-state index is 9.46. The zero-order valence-electron chi connectivity index (χ0n) is 12.3. The summed E-state index contributed by atoms with van der Waals surface area (Å²) in [5, 5.41) is 17.8. The summed E-state index contributed by atoms with van der Waals surface area (Å²) in [7, 11) is 0. The summed E-state index contributed by atoms with van der Waals surface area (Å²) in [6.45, 7) is 4.44. The number of aromatic nitrogens is 5. The monoisotopic (exact) mass is 297 g/mol. The fourth-order valence-electron chi connectivity index (χ4n) is 2.30. The van der Waals surface area contributed by atoms with Gasteiger partial charge in [0.25, 0.3) is 0 Å². The first-order valence-electron chi connectivity index (χ1n) is 6.85. The minimum absolute atomic E-state index is 0.134. The molecule has 8 heteroatoms. The second-order valence-electron chi connectivity index (χ2n) is 4.71. The number of anilines is 1. The third kappa shape index (κ3) is 2.27. The highest BCUT2D eigenvalue weighted by atomic mass is 16.5. The largest absolute Gasteiger partial charge is 0.366 e. The molecule has 0 saturated carbocycles. The lowest BCUT2D eigenvalue weighted by molar-refractivity contribution is 0.0160. The Morgan fingerprint density at radius 1 is 1.45 bits per heavy atom. The van der Waals surface area contributed by atoms with E-state index in [1.165, 1.54) is 4.52 Å². The van der Waals surface area contributed by atoms with E-state index in [-0.39, 0.29) is 12.2 Å². The van der Waals surface area contributed by atoms with Crippen molar-refractivity contribution in [3.63, 3.8) is 0 Å². The summed E-state index contributed by atoms with van der Waals surface area (Å²) in [5.41, 5.74) is 8.02. The van der Waals surface area contributed by atoms with Crippen molar-refractivity contribution >= 4 is 11.6 Å². The zero-order chi connectivity index (χ0) is 15.7. The summed E-state index contributed by atoms with van der Waals surface area (Å²) in [4.78, 5) is 4.05. The number of hydrogen-bond donors (Lipinski definition) is 1. The molecule has 0 amide bonds. The number of nitrogens with two attached hydrogens (primary N) is 1. The Morgan fingerprint density at radius 2 is 2.27 bits per heavy atom. The average molecular weight is 297 g/mol. The molecule has 3 aromatic heterocycles. The van der Waals surface area contributed by atoms with Crippen LogP contribution in [0.15, 0.2) is 24.5 Å². The van der Waals surface area contributed by atoms with Gasteiger partial charge in [-0.15, -0.1) is 5.10 Å². The Balaban J connectivity index is 2.08. The Bertz CT molecular complexity index is 858. The van der Waals surface area contributed by atoms with Crippen LogP contribution < -0.4 is 5.73 Å². The van der Waals surface area contributed by atoms with Crippen LogP contribution in [0.3, 0.4) is 0 Å². The minimum Gasteiger partial charge on any atom is -0.366 e. The number of hydrogen-bond acceptors (Lipinski definition) is 6. The second-order valence-corrected chi connectivity index (χ2v) is 4.71. The van der Waals surface area contributed by atoms with E-state index in [9.17, 15) is 5.26 Å². The third-order valence-corrected chi connectivity index (χ3v) is 3.31. The van der Waals surface area contributed by atoms with Crippen LogP contribution in [0.25, 0.3) is 16.8 Å². The van der Waals surface area contributed by atoms with Gasteiger partial charge in [-0.2, -0.15) is 15.3 Å². The Kier molecular flexibility index (Phi) is 3.48. The molecule has 3 rings (SSSR count). The van der Waals surface area contributed by atoms with Crippen LogP contribution >= 0.6 is 0 Å². The van der Waals surface area contributed by atoms with Crippen molar-refractivity contribution in [1.29, 1.82) is 5.26 Å². The molecule has 0 saturated heterocycles. The van der Waals surface area contributed by atoms with Crippen molar-refractivity contribution < 1.29 is 4.74 Å². The average Bonchev–Trinajstić information content (AvgIpc) is 3.11. The van der Waals surface area contributed by atoms with Gasteiger partial charge in [0.05, 0.1) is 6.20 Å². The van der Waals surface area contributed by atoms with Crippen molar-refractivity contribution in [2.75, 3.05) is 12.3 Å². The van der Waals surface area contributed by atoms with Gasteiger partial charge in [-0.3, -0.25) is 0 Å². The highest BCUT2D eigenvalue weighted by Crippen LogP contribution is 2.25. The molecule has 0 aliphatic carbocycles. The molecular formula is C14H15N7O. The van der Waals surface area contributed by atoms with Crippen molar-refractivity contribution in [3.8, 4) is 17.2 Å². The molecule has 8 nitrogen and oxygen atoms in total. The maximum absolute atomic E-state index is 9.46. The van der Waals surface area contributed by atoms with Gasteiger partial charge in [-0.25, -0.2) is 9.20 Å². The van der Waals surface area contributed by atoms with Gasteiger partial charge in [-0.1, -0.05) is 0 Å². The number of rotatable bonds is 4. The van der Waals surface area contributed by atoms with Gasteiger partial charge in [0.15, 0.2) is 11.3 Å². The molecule has 2 N–H and O–H groups in total. The smallest absolute Gasteiger partial charge is 0.240 e. The SMILES string of the molecule is CCOC(C)n1cc(-c2ccc3nc(N)nn3c2C#N)cn1. The summed E-state index contributed by atoms with van der Waals surface area (Å²) in [6.07, 6.45) is 3.36. The summed E-state index contributed by atoms with van der Waals surface area (Å²) >= 11 is 0. The van der Waals surface area contributed by atoms with E-state index in [0.29, 0.717) is 17.9 Å². The quantitative estimate of drug-likeness (QED) is 0.783. The predicted molar refractivity (Wildman–Crippen MR) is 79.7 cm³/mol. The van der Waals surface area contributed by atoms with E-state index in [2.05, 4.69) is 21.3 Å². The number of nitrogen functional groups attached to an aromatic ring is 1. The van der Waals surface area contributed by atoms with E-state index < -0.39 is 0 Å². The van der Waals surface area contributed by atoms with Crippen LogP contribution in [-0.2, 0) is 4.74 Å². The molecule has 22 heavy (non-hydrogen) atoms. The van der Waals surface area contributed by atoms with Crippen molar-refractivity contribution in [3.05, 3.63) is 30.2 Å². The van der Waals surface area contributed by atoms with Crippen LogP contribution in [0.2, 0.25) is 0 Å². The first-order chi connectivity index (χ1) is 10.6. The van der Waals surface area contributed by atoms with Gasteiger partial charge in [0, 0.05) is 23.9 Å². The zero-order valence-corrected chi connectivity index (χ0v) is 12.3. The molecule has 0 aliphatic heterocycles. The minimum atomic E-state index is -0.171. The Hall–Kier alpha value is -2.92. The Morgan fingerprint density at radius 3 is 3.00 bits per heavy atom. The molecule has 0 spiro atoms. The number of fused-ring (bicyclic) bond motifs is 1. The lowest BCUT2D eigenvalue weighted by Crippen LogP contribution is -2.09.